The molecule has 0 aromatic carbocycles. The molecule has 2 saturated heterocycles. The van der Waals surface area contributed by atoms with Crippen LogP contribution in [-0.2, 0) is 4.74 Å². The van der Waals surface area contributed by atoms with Gasteiger partial charge in [0.1, 0.15) is 5.60 Å². The van der Waals surface area contributed by atoms with Crippen LogP contribution in [0.25, 0.3) is 0 Å². The largest absolute Gasteiger partial charge is 0.463 e. The second-order valence-electron chi connectivity index (χ2n) is 7.50. The Labute approximate surface area is 157 Å². The Morgan fingerprint density at radius 3 is 2.96 bits per heavy atom. The van der Waals surface area contributed by atoms with Gasteiger partial charge in [0.15, 0.2) is 0 Å². The molecule has 0 aliphatic carbocycles. The molecular weight excluding hydrogens is 348 g/mol. The van der Waals surface area contributed by atoms with Gasteiger partial charge in [-0.1, -0.05) is 5.16 Å². The first-order valence-corrected chi connectivity index (χ1v) is 9.32. The first-order valence-electron chi connectivity index (χ1n) is 9.32. The maximum Gasteiger partial charge on any atom is 0.316 e. The molecule has 0 bridgehead atoms. The third kappa shape index (κ3) is 3.95. The molecule has 1 atom stereocenters. The van der Waals surface area contributed by atoms with Gasteiger partial charge in [0.2, 0.25) is 5.76 Å². The van der Waals surface area contributed by atoms with Gasteiger partial charge in [0, 0.05) is 24.6 Å². The average molecular weight is 372 g/mol. The fourth-order valence-electron chi connectivity index (χ4n) is 3.82. The summed E-state index contributed by atoms with van der Waals surface area (Å²) in [7, 11) is 0. The van der Waals surface area contributed by atoms with E-state index in [1.807, 2.05) is 13.0 Å². The highest BCUT2D eigenvalue weighted by atomic mass is 16.5. The standard InChI is InChI=1S/C19H24N4O4/c1-13-3-6-20-18(21-13)25-7-4-15-5-8-26-19(10-15)11-23(12-19)17(24)16-9-14(2)22-27-16/h3,6,9,15H,4-5,7-8,10-12H2,1-2H3/t15-/m0/s1. The normalized spacial score (nSPS) is 21.1. The Hall–Kier alpha value is -2.48. The molecule has 2 aliphatic heterocycles. The lowest BCUT2D eigenvalue weighted by molar-refractivity contribution is -0.167. The van der Waals surface area contributed by atoms with Gasteiger partial charge in [-0.05, 0) is 45.1 Å². The van der Waals surface area contributed by atoms with E-state index < -0.39 is 0 Å². The van der Waals surface area contributed by atoms with E-state index in [9.17, 15) is 4.79 Å². The Morgan fingerprint density at radius 2 is 2.22 bits per heavy atom. The second-order valence-corrected chi connectivity index (χ2v) is 7.50. The van der Waals surface area contributed by atoms with Gasteiger partial charge in [-0.25, -0.2) is 9.97 Å². The first-order chi connectivity index (χ1) is 13.0. The summed E-state index contributed by atoms with van der Waals surface area (Å²) in [5.41, 5.74) is 1.37. The molecule has 1 spiro atoms. The summed E-state index contributed by atoms with van der Waals surface area (Å²) in [5, 5.41) is 3.78. The van der Waals surface area contributed by atoms with Crippen molar-refractivity contribution in [3.05, 3.63) is 35.5 Å². The molecule has 0 saturated carbocycles. The van der Waals surface area contributed by atoms with E-state index in [1.54, 1.807) is 24.1 Å². The zero-order chi connectivity index (χ0) is 18.9. The number of likely N-dealkylation sites (tertiary alicyclic amines) is 1. The van der Waals surface area contributed by atoms with Crippen LogP contribution in [0.3, 0.4) is 0 Å². The van der Waals surface area contributed by atoms with Crippen molar-refractivity contribution in [2.24, 2.45) is 5.92 Å². The van der Waals surface area contributed by atoms with Gasteiger partial charge < -0.3 is 18.9 Å². The van der Waals surface area contributed by atoms with Crippen LogP contribution in [0.4, 0.5) is 0 Å². The number of aromatic nitrogens is 3. The Bertz CT molecular complexity index is 816. The number of hydrogen-bond acceptors (Lipinski definition) is 7. The lowest BCUT2D eigenvalue weighted by Gasteiger charge is -2.52. The summed E-state index contributed by atoms with van der Waals surface area (Å²) in [6.45, 7) is 6.23. The molecule has 2 aromatic rings. The molecule has 2 fully saturated rings. The highest BCUT2D eigenvalue weighted by molar-refractivity contribution is 5.92. The fraction of sp³-hybridized carbons (Fsp3) is 0.579. The van der Waals surface area contributed by atoms with Crippen LogP contribution >= 0.6 is 0 Å². The summed E-state index contributed by atoms with van der Waals surface area (Å²) in [4.78, 5) is 22.5. The summed E-state index contributed by atoms with van der Waals surface area (Å²) in [6.07, 6.45) is 4.58. The minimum atomic E-state index is -0.229. The van der Waals surface area contributed by atoms with Crippen LogP contribution < -0.4 is 4.74 Å². The van der Waals surface area contributed by atoms with Crippen molar-refractivity contribution in [2.75, 3.05) is 26.3 Å². The molecule has 144 valence electrons. The molecule has 2 aromatic heterocycles. The molecule has 2 aliphatic rings. The van der Waals surface area contributed by atoms with Crippen molar-refractivity contribution in [3.63, 3.8) is 0 Å². The zero-order valence-electron chi connectivity index (χ0n) is 15.7. The Morgan fingerprint density at radius 1 is 1.37 bits per heavy atom. The average Bonchev–Trinajstić information content (AvgIpc) is 3.06. The number of aryl methyl sites for hydroxylation is 2. The minimum Gasteiger partial charge on any atom is -0.463 e. The van der Waals surface area contributed by atoms with Gasteiger partial charge in [-0.15, -0.1) is 0 Å². The van der Waals surface area contributed by atoms with Crippen molar-refractivity contribution in [1.82, 2.24) is 20.0 Å². The lowest BCUT2D eigenvalue weighted by atomic mass is 9.79. The van der Waals surface area contributed by atoms with E-state index in [0.29, 0.717) is 43.1 Å². The van der Waals surface area contributed by atoms with E-state index in [4.69, 9.17) is 14.0 Å². The first kappa shape index (κ1) is 17.9. The van der Waals surface area contributed by atoms with E-state index in [1.165, 1.54) is 0 Å². The summed E-state index contributed by atoms with van der Waals surface area (Å²) < 4.78 is 16.8. The van der Waals surface area contributed by atoms with Crippen molar-refractivity contribution in [3.8, 4) is 6.01 Å². The van der Waals surface area contributed by atoms with E-state index in [2.05, 4.69) is 15.1 Å². The number of ether oxygens (including phenoxy) is 2. The van der Waals surface area contributed by atoms with Crippen LogP contribution in [0.1, 0.15) is 41.2 Å². The smallest absolute Gasteiger partial charge is 0.316 e. The van der Waals surface area contributed by atoms with Crippen LogP contribution in [0.15, 0.2) is 22.9 Å². The molecule has 4 heterocycles. The number of rotatable bonds is 5. The lowest BCUT2D eigenvalue weighted by Crippen LogP contribution is -2.66. The van der Waals surface area contributed by atoms with Crippen LogP contribution in [0.5, 0.6) is 6.01 Å². The van der Waals surface area contributed by atoms with Gasteiger partial charge in [-0.3, -0.25) is 4.79 Å². The quantitative estimate of drug-likeness (QED) is 0.794. The monoisotopic (exact) mass is 372 g/mol. The van der Waals surface area contributed by atoms with Crippen molar-refractivity contribution in [1.29, 1.82) is 0 Å². The Kier molecular flexibility index (Phi) is 4.82. The SMILES string of the molecule is Cc1cc(C(=O)N2CC3(C[C@@H](CCOc4nccc(C)n4)CCO3)C2)on1. The molecule has 27 heavy (non-hydrogen) atoms. The highest BCUT2D eigenvalue weighted by Crippen LogP contribution is 2.38. The number of carbonyl (C=O) groups is 1. The van der Waals surface area contributed by atoms with Crippen molar-refractivity contribution in [2.45, 2.75) is 38.7 Å². The van der Waals surface area contributed by atoms with Gasteiger partial charge in [0.05, 0.1) is 25.4 Å². The van der Waals surface area contributed by atoms with E-state index in [0.717, 1.165) is 31.6 Å². The number of hydrogen-bond donors (Lipinski definition) is 0. The van der Waals surface area contributed by atoms with Crippen molar-refractivity contribution >= 4 is 5.91 Å². The topological polar surface area (TPSA) is 90.6 Å². The van der Waals surface area contributed by atoms with Gasteiger partial charge in [-0.2, -0.15) is 0 Å². The van der Waals surface area contributed by atoms with Crippen LogP contribution in [0, 0.1) is 19.8 Å². The van der Waals surface area contributed by atoms with Crippen LogP contribution in [0.2, 0.25) is 0 Å². The minimum absolute atomic E-state index is 0.119. The van der Waals surface area contributed by atoms with Crippen molar-refractivity contribution < 1.29 is 18.8 Å². The number of nitrogens with zero attached hydrogens (tertiary/aromatic N) is 4. The predicted octanol–water partition coefficient (Wildman–Crippen LogP) is 2.17. The second kappa shape index (κ2) is 7.26. The molecule has 0 radical (unpaired) electrons. The van der Waals surface area contributed by atoms with E-state index >= 15 is 0 Å². The van der Waals surface area contributed by atoms with E-state index in [-0.39, 0.29) is 11.5 Å². The molecule has 1 amide bonds. The third-order valence-electron chi connectivity index (χ3n) is 5.21. The molecule has 8 nitrogen and oxygen atoms in total. The predicted molar refractivity (Wildman–Crippen MR) is 95.4 cm³/mol. The van der Waals surface area contributed by atoms with Crippen LogP contribution in [-0.4, -0.2) is 57.8 Å². The van der Waals surface area contributed by atoms with Gasteiger partial charge in [0.25, 0.3) is 5.91 Å². The highest BCUT2D eigenvalue weighted by Gasteiger charge is 2.49. The molecule has 0 unspecified atom stereocenters. The van der Waals surface area contributed by atoms with Gasteiger partial charge >= 0.3 is 6.01 Å². The maximum absolute atomic E-state index is 12.4. The fourth-order valence-corrected chi connectivity index (χ4v) is 3.82. The molecule has 8 heteroatoms. The Balaban J connectivity index is 1.26. The molecular formula is C19H24N4O4. The number of carbonyl (C=O) groups excluding carboxylic acids is 1. The zero-order valence-corrected chi connectivity index (χ0v) is 15.7. The summed E-state index contributed by atoms with van der Waals surface area (Å²) in [6, 6.07) is 3.95. The third-order valence-corrected chi connectivity index (χ3v) is 5.21. The maximum atomic E-state index is 12.4. The summed E-state index contributed by atoms with van der Waals surface area (Å²) in [5.74, 6) is 0.682. The molecule has 0 N–H and O–H groups in total. The number of amides is 1. The molecule has 4 rings (SSSR count). The summed E-state index contributed by atoms with van der Waals surface area (Å²) >= 11 is 0.